The van der Waals surface area contributed by atoms with Gasteiger partial charge in [0.05, 0.1) is 24.1 Å². The number of rotatable bonds is 2. The molecule has 1 N–H and O–H groups in total. The molecule has 0 aromatic carbocycles. The minimum Gasteiger partial charge on any atom is -0.481 e. The Kier molecular flexibility index (Phi) is 2.04. The lowest BCUT2D eigenvalue weighted by atomic mass is 10.1. The maximum absolute atomic E-state index is 10.9. The van der Waals surface area contributed by atoms with Gasteiger partial charge in [0.25, 0.3) is 0 Å². The van der Waals surface area contributed by atoms with Crippen molar-refractivity contribution in [2.45, 2.75) is 13.0 Å². The summed E-state index contributed by atoms with van der Waals surface area (Å²) in [6.45, 7) is 0.509. The lowest BCUT2D eigenvalue weighted by molar-refractivity contribution is -0.141. The van der Waals surface area contributed by atoms with Crippen molar-refractivity contribution in [2.75, 3.05) is 0 Å². The topological polar surface area (TPSA) is 72.9 Å². The summed E-state index contributed by atoms with van der Waals surface area (Å²) in [5, 5.41) is 8.95. The molecule has 0 fully saturated rings. The molecule has 0 aliphatic carbocycles. The Balaban J connectivity index is 1.93. The van der Waals surface area contributed by atoms with Crippen LogP contribution in [-0.2, 0) is 24.8 Å². The Morgan fingerprint density at radius 1 is 1.59 bits per heavy atom. The fourth-order valence-corrected chi connectivity index (χ4v) is 2.19. The minimum atomic E-state index is -0.752. The van der Waals surface area contributed by atoms with E-state index in [0.717, 1.165) is 17.2 Å². The Hall–Kier alpha value is -2.11. The molecule has 6 nitrogen and oxygen atoms in total. The van der Waals surface area contributed by atoms with Gasteiger partial charge in [-0.1, -0.05) is 0 Å². The summed E-state index contributed by atoms with van der Waals surface area (Å²) >= 11 is 0. The van der Waals surface area contributed by atoms with Gasteiger partial charge in [-0.2, -0.15) is 0 Å². The van der Waals surface area contributed by atoms with Gasteiger partial charge in [-0.15, -0.1) is 0 Å². The molecule has 6 heteroatoms. The molecule has 1 unspecified atom stereocenters. The fraction of sp³-hybridized carbons (Fsp3) is 0.364. The molecule has 3 heterocycles. The van der Waals surface area contributed by atoms with E-state index in [1.54, 1.807) is 12.5 Å². The molecular formula is C11H12N4O2. The second-order valence-electron chi connectivity index (χ2n) is 4.32. The third-order valence-electron chi connectivity index (χ3n) is 3.13. The molecule has 1 aliphatic heterocycles. The Bertz CT molecular complexity index is 561. The van der Waals surface area contributed by atoms with Crippen molar-refractivity contribution in [1.29, 1.82) is 0 Å². The van der Waals surface area contributed by atoms with E-state index in [4.69, 9.17) is 5.11 Å². The average molecular weight is 232 g/mol. The molecule has 2 aromatic heterocycles. The molecule has 0 amide bonds. The molecule has 17 heavy (non-hydrogen) atoms. The molecule has 0 bridgehead atoms. The number of hydrogen-bond acceptors (Lipinski definition) is 3. The number of aromatic nitrogens is 4. The number of hydrogen-bond donors (Lipinski definition) is 1. The zero-order valence-electron chi connectivity index (χ0n) is 9.37. The summed E-state index contributed by atoms with van der Waals surface area (Å²) in [5.41, 5.74) is 1.79. The van der Waals surface area contributed by atoms with E-state index in [-0.39, 0.29) is 5.92 Å². The maximum Gasteiger partial charge on any atom is 0.308 e. The van der Waals surface area contributed by atoms with Crippen LogP contribution >= 0.6 is 0 Å². The van der Waals surface area contributed by atoms with Crippen LogP contribution < -0.4 is 0 Å². The highest BCUT2D eigenvalue weighted by atomic mass is 16.4. The van der Waals surface area contributed by atoms with Gasteiger partial charge >= 0.3 is 5.97 Å². The molecule has 1 aliphatic rings. The predicted molar refractivity (Wildman–Crippen MR) is 59.3 cm³/mol. The second-order valence-corrected chi connectivity index (χ2v) is 4.32. The molecule has 88 valence electrons. The highest BCUT2D eigenvalue weighted by Gasteiger charge is 2.29. The quantitative estimate of drug-likeness (QED) is 0.820. The number of aliphatic carboxylic acids is 1. The summed E-state index contributed by atoms with van der Waals surface area (Å²) < 4.78 is 3.81. The van der Waals surface area contributed by atoms with E-state index in [9.17, 15) is 4.79 Å². The Labute approximate surface area is 97.5 Å². The molecule has 0 saturated carbocycles. The SMILES string of the molecule is Cn1cncc1-c1cn2c(n1)CC(C(=O)O)C2. The number of carbonyl (C=O) groups is 1. The average Bonchev–Trinajstić information content (AvgIpc) is 2.88. The summed E-state index contributed by atoms with van der Waals surface area (Å²) in [6, 6.07) is 0. The van der Waals surface area contributed by atoms with Gasteiger partial charge < -0.3 is 14.2 Å². The second kappa shape index (κ2) is 3.44. The van der Waals surface area contributed by atoms with Crippen LogP contribution in [0.3, 0.4) is 0 Å². The number of fused-ring (bicyclic) bond motifs is 1. The summed E-state index contributed by atoms with van der Waals surface area (Å²) in [6.07, 6.45) is 5.88. The number of carboxylic acid groups (broad SMARTS) is 1. The molecular weight excluding hydrogens is 220 g/mol. The van der Waals surface area contributed by atoms with Crippen LogP contribution in [-0.4, -0.2) is 30.2 Å². The van der Waals surface area contributed by atoms with Crippen LogP contribution in [0.1, 0.15) is 5.82 Å². The highest BCUT2D eigenvalue weighted by molar-refractivity contribution is 5.71. The van der Waals surface area contributed by atoms with Crippen LogP contribution in [0, 0.1) is 5.92 Å². The number of carboxylic acids is 1. The monoisotopic (exact) mass is 232 g/mol. The molecule has 3 rings (SSSR count). The standard InChI is InChI=1S/C11H12N4O2/c1-14-6-12-3-9(14)8-5-15-4-7(11(16)17)2-10(15)13-8/h3,5-7H,2,4H2,1H3,(H,16,17). The van der Waals surface area contributed by atoms with Crippen molar-refractivity contribution in [2.24, 2.45) is 13.0 Å². The first-order valence-electron chi connectivity index (χ1n) is 5.40. The van der Waals surface area contributed by atoms with Crippen molar-refractivity contribution in [3.05, 3.63) is 24.5 Å². The largest absolute Gasteiger partial charge is 0.481 e. The van der Waals surface area contributed by atoms with Crippen molar-refractivity contribution in [1.82, 2.24) is 19.1 Å². The van der Waals surface area contributed by atoms with Gasteiger partial charge in [0.2, 0.25) is 0 Å². The minimum absolute atomic E-state index is 0.335. The molecule has 0 saturated heterocycles. The lowest BCUT2D eigenvalue weighted by Crippen LogP contribution is -2.14. The molecule has 1 atom stereocenters. The highest BCUT2D eigenvalue weighted by Crippen LogP contribution is 2.25. The Morgan fingerprint density at radius 3 is 3.00 bits per heavy atom. The van der Waals surface area contributed by atoms with Crippen LogP contribution in [0.15, 0.2) is 18.7 Å². The van der Waals surface area contributed by atoms with Gasteiger partial charge in [-0.05, 0) is 0 Å². The first-order chi connectivity index (χ1) is 8.15. The summed E-state index contributed by atoms with van der Waals surface area (Å²) in [7, 11) is 1.91. The van der Waals surface area contributed by atoms with E-state index in [0.29, 0.717) is 13.0 Å². The third kappa shape index (κ3) is 1.52. The van der Waals surface area contributed by atoms with Gasteiger partial charge in [-0.25, -0.2) is 9.97 Å². The fourth-order valence-electron chi connectivity index (χ4n) is 2.19. The van der Waals surface area contributed by atoms with Crippen LogP contribution in [0.5, 0.6) is 0 Å². The number of nitrogens with zero attached hydrogens (tertiary/aromatic N) is 4. The van der Waals surface area contributed by atoms with Crippen molar-refractivity contribution < 1.29 is 9.90 Å². The number of aryl methyl sites for hydroxylation is 1. The normalized spacial score (nSPS) is 18.3. The van der Waals surface area contributed by atoms with E-state index >= 15 is 0 Å². The molecule has 0 spiro atoms. The third-order valence-corrected chi connectivity index (χ3v) is 3.13. The molecule has 0 radical (unpaired) electrons. The van der Waals surface area contributed by atoms with E-state index in [2.05, 4.69) is 9.97 Å². The zero-order chi connectivity index (χ0) is 12.0. The van der Waals surface area contributed by atoms with Gasteiger partial charge in [0.1, 0.15) is 11.5 Å². The van der Waals surface area contributed by atoms with Crippen LogP contribution in [0.4, 0.5) is 0 Å². The van der Waals surface area contributed by atoms with Crippen molar-refractivity contribution >= 4 is 5.97 Å². The smallest absolute Gasteiger partial charge is 0.308 e. The van der Waals surface area contributed by atoms with E-state index < -0.39 is 5.97 Å². The summed E-state index contributed by atoms with van der Waals surface area (Å²) in [4.78, 5) is 19.4. The van der Waals surface area contributed by atoms with Gasteiger partial charge in [0.15, 0.2) is 0 Å². The molecule has 2 aromatic rings. The lowest BCUT2D eigenvalue weighted by Gasteiger charge is -2.01. The van der Waals surface area contributed by atoms with Crippen LogP contribution in [0.25, 0.3) is 11.4 Å². The van der Waals surface area contributed by atoms with Crippen molar-refractivity contribution in [3.63, 3.8) is 0 Å². The zero-order valence-corrected chi connectivity index (χ0v) is 9.37. The van der Waals surface area contributed by atoms with Crippen LogP contribution in [0.2, 0.25) is 0 Å². The maximum atomic E-state index is 10.9. The van der Waals surface area contributed by atoms with E-state index in [1.807, 2.05) is 22.4 Å². The first-order valence-corrected chi connectivity index (χ1v) is 5.40. The van der Waals surface area contributed by atoms with Gasteiger partial charge in [-0.3, -0.25) is 4.79 Å². The van der Waals surface area contributed by atoms with E-state index in [1.165, 1.54) is 0 Å². The first kappa shape index (κ1) is 10.1. The predicted octanol–water partition coefficient (Wildman–Crippen LogP) is 0.540. The number of imidazole rings is 2. The Morgan fingerprint density at radius 2 is 2.41 bits per heavy atom. The van der Waals surface area contributed by atoms with Crippen molar-refractivity contribution in [3.8, 4) is 11.4 Å². The summed E-state index contributed by atoms with van der Waals surface area (Å²) in [5.74, 6) is -0.246. The van der Waals surface area contributed by atoms with Gasteiger partial charge in [0, 0.05) is 26.2 Å².